The van der Waals surface area contributed by atoms with Gasteiger partial charge in [0.1, 0.15) is 0 Å². The van der Waals surface area contributed by atoms with E-state index in [1.165, 1.54) is 24.2 Å². The molecule has 0 atom stereocenters. The maximum Gasteiger partial charge on any atom is 0.272 e. The fourth-order valence-corrected chi connectivity index (χ4v) is 1.58. The molecule has 18 heavy (non-hydrogen) atoms. The van der Waals surface area contributed by atoms with Gasteiger partial charge in [-0.3, -0.25) is 15.6 Å². The molecule has 0 unspecified atom stereocenters. The van der Waals surface area contributed by atoms with Crippen LogP contribution in [0.5, 0.6) is 0 Å². The second-order valence-corrected chi connectivity index (χ2v) is 4.18. The van der Waals surface area contributed by atoms with E-state index >= 15 is 0 Å². The van der Waals surface area contributed by atoms with Gasteiger partial charge >= 0.3 is 0 Å². The van der Waals surface area contributed by atoms with E-state index in [-0.39, 0.29) is 5.91 Å². The van der Waals surface area contributed by atoms with Crippen molar-refractivity contribution in [2.24, 2.45) is 0 Å². The molecule has 6 heteroatoms. The Bertz CT molecular complexity index is 515. The van der Waals surface area contributed by atoms with Crippen molar-refractivity contribution in [3.05, 3.63) is 48.3 Å². The zero-order chi connectivity index (χ0) is 12.8. The molecule has 1 aromatic carbocycles. The number of thioether (sulfide) groups is 1. The van der Waals surface area contributed by atoms with Gasteiger partial charge in [-0.05, 0) is 18.4 Å². The first-order valence-corrected chi connectivity index (χ1v) is 6.49. The number of anilines is 1. The average Bonchev–Trinajstić information content (AvgIpc) is 2.46. The predicted molar refractivity (Wildman–Crippen MR) is 71.3 cm³/mol. The minimum absolute atomic E-state index is 0.272. The molecule has 0 radical (unpaired) electrons. The Morgan fingerprint density at radius 3 is 2.44 bits per heavy atom. The van der Waals surface area contributed by atoms with Crippen LogP contribution in [-0.2, 0) is 0 Å². The van der Waals surface area contributed by atoms with Crippen LogP contribution in [0.1, 0.15) is 10.4 Å². The number of benzene rings is 1. The zero-order valence-corrected chi connectivity index (χ0v) is 10.6. The van der Waals surface area contributed by atoms with Crippen LogP contribution in [0.25, 0.3) is 0 Å². The number of nitrogens with one attached hydrogen (secondary N) is 2. The summed E-state index contributed by atoms with van der Waals surface area (Å²) in [6.07, 6.45) is 4.88. The second kappa shape index (κ2) is 6.02. The molecule has 0 fully saturated rings. The molecule has 2 rings (SSSR count). The van der Waals surface area contributed by atoms with Crippen LogP contribution in [0.4, 0.5) is 5.69 Å². The highest BCUT2D eigenvalue weighted by molar-refractivity contribution is 7.98. The van der Waals surface area contributed by atoms with E-state index in [1.54, 1.807) is 0 Å². The Labute approximate surface area is 109 Å². The third-order valence-corrected chi connectivity index (χ3v) is 2.74. The van der Waals surface area contributed by atoms with Crippen molar-refractivity contribution in [1.29, 1.82) is 0 Å². The first-order valence-electron chi connectivity index (χ1n) is 5.27. The molecule has 0 bridgehead atoms. The molecule has 2 N–H and O–H groups in total. The molecule has 0 aliphatic rings. The number of hydrogen-bond donors (Lipinski definition) is 2. The Hall–Kier alpha value is -2.08. The number of hydrazine groups is 1. The van der Waals surface area contributed by atoms with Crippen LogP contribution >= 0.6 is 11.8 Å². The number of carbonyl (C=O) groups is 1. The highest BCUT2D eigenvalue weighted by Crippen LogP contribution is 2.07. The molecule has 1 amide bonds. The van der Waals surface area contributed by atoms with Crippen molar-refractivity contribution in [3.63, 3.8) is 0 Å². The van der Waals surface area contributed by atoms with Gasteiger partial charge in [-0.15, -0.1) is 0 Å². The number of hydrogen-bond acceptors (Lipinski definition) is 5. The fraction of sp³-hybridized carbons (Fsp3) is 0.0833. The van der Waals surface area contributed by atoms with Crippen molar-refractivity contribution in [1.82, 2.24) is 15.4 Å². The molecular formula is C12H12N4OS. The lowest BCUT2D eigenvalue weighted by Gasteiger charge is -2.07. The Balaban J connectivity index is 1.95. The zero-order valence-electron chi connectivity index (χ0n) is 9.75. The van der Waals surface area contributed by atoms with Crippen molar-refractivity contribution >= 4 is 23.4 Å². The molecule has 0 aliphatic carbocycles. The average molecular weight is 260 g/mol. The molecule has 0 saturated carbocycles. The summed E-state index contributed by atoms with van der Waals surface area (Å²) >= 11 is 1.43. The van der Waals surface area contributed by atoms with Crippen LogP contribution in [0.2, 0.25) is 0 Å². The number of amides is 1. The second-order valence-electron chi connectivity index (χ2n) is 3.40. The standard InChI is InChI=1S/C12H12N4OS/c1-18-12-13-7-9(8-14-12)11(17)16-15-10-5-3-2-4-6-10/h2-8,15H,1H3,(H,16,17). The minimum Gasteiger partial charge on any atom is -0.298 e. The van der Waals surface area contributed by atoms with Crippen molar-refractivity contribution in [2.75, 3.05) is 11.7 Å². The van der Waals surface area contributed by atoms with Crippen LogP contribution < -0.4 is 10.9 Å². The van der Waals surface area contributed by atoms with Crippen molar-refractivity contribution in [3.8, 4) is 0 Å². The van der Waals surface area contributed by atoms with Crippen LogP contribution in [0.3, 0.4) is 0 Å². The molecule has 92 valence electrons. The van der Waals surface area contributed by atoms with Gasteiger partial charge in [0.25, 0.3) is 5.91 Å². The first kappa shape index (κ1) is 12.4. The quantitative estimate of drug-likeness (QED) is 0.499. The molecule has 0 aliphatic heterocycles. The van der Waals surface area contributed by atoms with Gasteiger partial charge in [0.05, 0.1) is 11.3 Å². The van der Waals surface area contributed by atoms with E-state index in [0.717, 1.165) is 5.69 Å². The largest absolute Gasteiger partial charge is 0.298 e. The van der Waals surface area contributed by atoms with Crippen molar-refractivity contribution in [2.45, 2.75) is 5.16 Å². The lowest BCUT2D eigenvalue weighted by atomic mass is 10.3. The third kappa shape index (κ3) is 3.21. The minimum atomic E-state index is -0.272. The lowest BCUT2D eigenvalue weighted by molar-refractivity contribution is 0.0961. The molecular weight excluding hydrogens is 248 g/mol. The van der Waals surface area contributed by atoms with E-state index in [0.29, 0.717) is 10.7 Å². The third-order valence-electron chi connectivity index (χ3n) is 2.17. The van der Waals surface area contributed by atoms with Crippen molar-refractivity contribution < 1.29 is 4.79 Å². The maximum atomic E-state index is 11.8. The van der Waals surface area contributed by atoms with E-state index in [1.807, 2.05) is 36.6 Å². The number of rotatable bonds is 4. The van der Waals surface area contributed by atoms with E-state index in [2.05, 4.69) is 20.8 Å². The molecule has 5 nitrogen and oxygen atoms in total. The summed E-state index contributed by atoms with van der Waals surface area (Å²) in [5, 5.41) is 0.641. The van der Waals surface area contributed by atoms with Gasteiger partial charge in [0.15, 0.2) is 5.16 Å². The highest BCUT2D eigenvalue weighted by atomic mass is 32.2. The number of nitrogens with zero attached hydrogens (tertiary/aromatic N) is 2. The van der Waals surface area contributed by atoms with Crippen LogP contribution in [0, 0.1) is 0 Å². The Morgan fingerprint density at radius 2 is 1.83 bits per heavy atom. The predicted octanol–water partition coefficient (Wildman–Crippen LogP) is 1.96. The summed E-state index contributed by atoms with van der Waals surface area (Å²) in [6.45, 7) is 0. The van der Waals surface area contributed by atoms with Crippen LogP contribution in [0.15, 0.2) is 47.9 Å². The summed E-state index contributed by atoms with van der Waals surface area (Å²) in [4.78, 5) is 19.8. The summed E-state index contributed by atoms with van der Waals surface area (Å²) in [5.41, 5.74) is 6.61. The van der Waals surface area contributed by atoms with E-state index in [9.17, 15) is 4.79 Å². The molecule has 1 heterocycles. The number of carbonyl (C=O) groups excluding carboxylic acids is 1. The first-order chi connectivity index (χ1) is 8.79. The summed E-state index contributed by atoms with van der Waals surface area (Å²) in [5.74, 6) is -0.272. The van der Waals surface area contributed by atoms with E-state index in [4.69, 9.17) is 0 Å². The maximum absolute atomic E-state index is 11.8. The van der Waals surface area contributed by atoms with Gasteiger partial charge in [0, 0.05) is 12.4 Å². The lowest BCUT2D eigenvalue weighted by Crippen LogP contribution is -2.29. The fourth-order valence-electron chi connectivity index (χ4n) is 1.26. The van der Waals surface area contributed by atoms with Gasteiger partial charge in [-0.25, -0.2) is 9.97 Å². The molecule has 0 saturated heterocycles. The molecule has 1 aromatic heterocycles. The SMILES string of the molecule is CSc1ncc(C(=O)NNc2ccccc2)cn1. The van der Waals surface area contributed by atoms with E-state index < -0.39 is 0 Å². The van der Waals surface area contributed by atoms with Gasteiger partial charge in [-0.1, -0.05) is 30.0 Å². The smallest absolute Gasteiger partial charge is 0.272 e. The normalized spacial score (nSPS) is 9.83. The monoisotopic (exact) mass is 260 g/mol. The van der Waals surface area contributed by atoms with Gasteiger partial charge < -0.3 is 0 Å². The Morgan fingerprint density at radius 1 is 1.17 bits per heavy atom. The molecule has 2 aromatic rings. The van der Waals surface area contributed by atoms with Crippen LogP contribution in [-0.4, -0.2) is 22.1 Å². The Kier molecular flexibility index (Phi) is 4.14. The number of aromatic nitrogens is 2. The summed E-state index contributed by atoms with van der Waals surface area (Å²) in [7, 11) is 0. The summed E-state index contributed by atoms with van der Waals surface area (Å²) in [6, 6.07) is 9.37. The summed E-state index contributed by atoms with van der Waals surface area (Å²) < 4.78 is 0. The van der Waals surface area contributed by atoms with Gasteiger partial charge in [-0.2, -0.15) is 0 Å². The van der Waals surface area contributed by atoms with Gasteiger partial charge in [0.2, 0.25) is 0 Å². The topological polar surface area (TPSA) is 66.9 Å². The number of para-hydroxylation sites is 1. The molecule has 0 spiro atoms. The highest BCUT2D eigenvalue weighted by Gasteiger charge is 2.06.